The molecule has 0 saturated carbocycles. The molecule has 1 aromatic carbocycles. The van der Waals surface area contributed by atoms with Crippen LogP contribution in [-0.2, 0) is 0 Å². The highest BCUT2D eigenvalue weighted by atomic mass is 32.2. The van der Waals surface area contributed by atoms with Crippen molar-refractivity contribution in [2.75, 3.05) is 12.9 Å². The Balaban J connectivity index is 1.99. The molecule has 98 valence electrons. The summed E-state index contributed by atoms with van der Waals surface area (Å²) >= 11 is 1.53. The molecule has 1 heterocycles. The normalized spacial score (nSPS) is 10.2. The van der Waals surface area contributed by atoms with Crippen LogP contribution in [0, 0.1) is 6.92 Å². The lowest BCUT2D eigenvalue weighted by Crippen LogP contribution is -2.03. The number of hydrogen-bond donors (Lipinski definition) is 0. The summed E-state index contributed by atoms with van der Waals surface area (Å²) in [6.45, 7) is 2.04. The summed E-state index contributed by atoms with van der Waals surface area (Å²) in [5, 5.41) is 0. The lowest BCUT2D eigenvalue weighted by atomic mass is 10.2. The Bertz CT molecular complexity index is 567. The molecule has 19 heavy (non-hydrogen) atoms. The average Bonchev–Trinajstić information content (AvgIpc) is 2.46. The second-order valence-electron chi connectivity index (χ2n) is 4.14. The van der Waals surface area contributed by atoms with E-state index < -0.39 is 0 Å². The summed E-state index contributed by atoms with van der Waals surface area (Å²) in [6, 6.07) is 9.85. The van der Waals surface area contributed by atoms with Crippen LogP contribution < -0.4 is 4.74 Å². The predicted molar refractivity (Wildman–Crippen MR) is 77.0 cm³/mol. The third-order valence-electron chi connectivity index (χ3n) is 2.66. The zero-order chi connectivity index (χ0) is 13.7. The van der Waals surface area contributed by atoms with Crippen molar-refractivity contribution in [1.29, 1.82) is 0 Å². The van der Waals surface area contributed by atoms with E-state index in [0.717, 1.165) is 4.90 Å². The molecule has 2 rings (SSSR count). The van der Waals surface area contributed by atoms with Gasteiger partial charge in [0.15, 0.2) is 5.78 Å². The van der Waals surface area contributed by atoms with Crippen molar-refractivity contribution < 1.29 is 9.53 Å². The number of aryl methyl sites for hydroxylation is 1. The van der Waals surface area contributed by atoms with Crippen molar-refractivity contribution in [3.8, 4) is 5.75 Å². The molecular formula is C15H15NO2S. The number of thioether (sulfide) groups is 1. The Kier molecular flexibility index (Phi) is 4.58. The van der Waals surface area contributed by atoms with Crippen LogP contribution in [0.1, 0.15) is 15.9 Å². The van der Waals surface area contributed by atoms with E-state index in [1.54, 1.807) is 25.6 Å². The van der Waals surface area contributed by atoms with Crippen molar-refractivity contribution in [2.45, 2.75) is 11.8 Å². The van der Waals surface area contributed by atoms with Crippen molar-refractivity contribution >= 4 is 17.5 Å². The fraction of sp³-hybridized carbons (Fsp3) is 0.200. The molecule has 1 aromatic heterocycles. The monoisotopic (exact) mass is 273 g/mol. The van der Waals surface area contributed by atoms with E-state index in [1.807, 2.05) is 31.2 Å². The number of hydrogen-bond acceptors (Lipinski definition) is 4. The molecule has 0 unspecified atom stereocenters. The molecule has 0 bridgehead atoms. The molecule has 3 nitrogen and oxygen atoms in total. The molecule has 0 spiro atoms. The highest BCUT2D eigenvalue weighted by molar-refractivity contribution is 8.00. The quantitative estimate of drug-likeness (QED) is 0.618. The van der Waals surface area contributed by atoms with Gasteiger partial charge in [0.05, 0.1) is 19.1 Å². The van der Waals surface area contributed by atoms with Gasteiger partial charge in [0, 0.05) is 16.7 Å². The van der Waals surface area contributed by atoms with Gasteiger partial charge in [-0.15, -0.1) is 11.8 Å². The van der Waals surface area contributed by atoms with E-state index in [2.05, 4.69) is 4.98 Å². The van der Waals surface area contributed by atoms with Crippen molar-refractivity contribution in [2.24, 2.45) is 0 Å². The first kappa shape index (κ1) is 13.6. The lowest BCUT2D eigenvalue weighted by molar-refractivity contribution is 0.102. The molecule has 0 radical (unpaired) electrons. The highest BCUT2D eigenvalue weighted by Gasteiger charge is 2.08. The first-order valence-electron chi connectivity index (χ1n) is 5.91. The van der Waals surface area contributed by atoms with Crippen LogP contribution in [0.2, 0.25) is 0 Å². The topological polar surface area (TPSA) is 39.2 Å². The van der Waals surface area contributed by atoms with Gasteiger partial charge in [0.1, 0.15) is 5.75 Å². The molecule has 0 aliphatic heterocycles. The van der Waals surface area contributed by atoms with Crippen molar-refractivity contribution in [1.82, 2.24) is 4.98 Å². The van der Waals surface area contributed by atoms with Crippen molar-refractivity contribution in [3.05, 3.63) is 53.9 Å². The van der Waals surface area contributed by atoms with Crippen LogP contribution in [0.15, 0.2) is 47.6 Å². The van der Waals surface area contributed by atoms with E-state index in [-0.39, 0.29) is 5.78 Å². The number of nitrogens with zero attached hydrogens (tertiary/aromatic N) is 1. The molecule has 0 saturated heterocycles. The van der Waals surface area contributed by atoms with Gasteiger partial charge in [0.25, 0.3) is 0 Å². The molecule has 4 heteroatoms. The fourth-order valence-corrected chi connectivity index (χ4v) is 2.34. The van der Waals surface area contributed by atoms with Crippen LogP contribution in [0.25, 0.3) is 0 Å². The molecule has 0 amide bonds. The van der Waals surface area contributed by atoms with E-state index in [4.69, 9.17) is 4.74 Å². The number of ketones is 1. The Morgan fingerprint density at radius 3 is 2.68 bits per heavy atom. The Morgan fingerprint density at radius 2 is 2.00 bits per heavy atom. The van der Waals surface area contributed by atoms with Crippen LogP contribution in [-0.4, -0.2) is 23.6 Å². The number of carbonyl (C=O) groups is 1. The van der Waals surface area contributed by atoms with Crippen molar-refractivity contribution in [3.63, 3.8) is 0 Å². The van der Waals surface area contributed by atoms with Crippen LogP contribution in [0.3, 0.4) is 0 Å². The molecular weight excluding hydrogens is 258 g/mol. The van der Waals surface area contributed by atoms with Gasteiger partial charge in [-0.05, 0) is 25.1 Å². The lowest BCUT2D eigenvalue weighted by Gasteiger charge is -2.04. The number of aromatic nitrogens is 1. The first-order chi connectivity index (χ1) is 9.19. The Morgan fingerprint density at radius 1 is 1.26 bits per heavy atom. The number of Topliss-reactive ketones (excluding diaryl/α,β-unsaturated/α-hetero) is 1. The first-order valence-corrected chi connectivity index (χ1v) is 6.89. The highest BCUT2D eigenvalue weighted by Crippen LogP contribution is 2.20. The Labute approximate surface area is 117 Å². The fourth-order valence-electron chi connectivity index (χ4n) is 1.55. The van der Waals surface area contributed by atoms with Gasteiger partial charge in [-0.25, -0.2) is 0 Å². The molecule has 0 aliphatic carbocycles. The molecule has 0 atom stereocenters. The summed E-state index contributed by atoms with van der Waals surface area (Å²) in [5.41, 5.74) is 1.80. The standard InChI is InChI=1S/C15H15NO2S/c1-11-3-5-14(6-4-11)19-10-15(17)12-7-13(18-2)9-16-8-12/h3-9H,10H2,1-2H3. The molecule has 2 aromatic rings. The van der Waals surface area contributed by atoms with E-state index in [9.17, 15) is 4.79 Å². The van der Waals surface area contributed by atoms with E-state index >= 15 is 0 Å². The second kappa shape index (κ2) is 6.38. The molecule has 0 fully saturated rings. The van der Waals surface area contributed by atoms with Crippen LogP contribution >= 0.6 is 11.8 Å². The average molecular weight is 273 g/mol. The Hall–Kier alpha value is -1.81. The van der Waals surface area contributed by atoms with E-state index in [0.29, 0.717) is 17.1 Å². The minimum Gasteiger partial charge on any atom is -0.495 e. The van der Waals surface area contributed by atoms with E-state index in [1.165, 1.54) is 17.3 Å². The van der Waals surface area contributed by atoms with Gasteiger partial charge >= 0.3 is 0 Å². The number of rotatable bonds is 5. The van der Waals surface area contributed by atoms with Gasteiger partial charge in [0.2, 0.25) is 0 Å². The maximum atomic E-state index is 12.0. The van der Waals surface area contributed by atoms with Gasteiger partial charge in [-0.1, -0.05) is 17.7 Å². The summed E-state index contributed by atoms with van der Waals surface area (Å²) in [7, 11) is 1.56. The second-order valence-corrected chi connectivity index (χ2v) is 5.19. The maximum Gasteiger partial charge on any atom is 0.174 e. The largest absolute Gasteiger partial charge is 0.495 e. The summed E-state index contributed by atoms with van der Waals surface area (Å²) in [4.78, 5) is 17.1. The number of ether oxygens (including phenoxy) is 1. The van der Waals surface area contributed by atoms with Gasteiger partial charge < -0.3 is 4.74 Å². The van der Waals surface area contributed by atoms with Crippen LogP contribution in [0.4, 0.5) is 0 Å². The third kappa shape index (κ3) is 3.83. The number of carbonyl (C=O) groups excluding carboxylic acids is 1. The van der Waals surface area contributed by atoms with Gasteiger partial charge in [-0.2, -0.15) is 0 Å². The summed E-state index contributed by atoms with van der Waals surface area (Å²) in [5.74, 6) is 1.06. The molecule has 0 N–H and O–H groups in total. The van der Waals surface area contributed by atoms with Gasteiger partial charge in [-0.3, -0.25) is 9.78 Å². The predicted octanol–water partition coefficient (Wildman–Crippen LogP) is 3.37. The number of benzene rings is 1. The zero-order valence-corrected chi connectivity index (χ0v) is 11.7. The summed E-state index contributed by atoms with van der Waals surface area (Å²) < 4.78 is 5.06. The maximum absolute atomic E-state index is 12.0. The van der Waals surface area contributed by atoms with Crippen LogP contribution in [0.5, 0.6) is 5.75 Å². The SMILES string of the molecule is COc1cncc(C(=O)CSc2ccc(C)cc2)c1. The smallest absolute Gasteiger partial charge is 0.174 e. The molecule has 0 aliphatic rings. The third-order valence-corrected chi connectivity index (χ3v) is 3.67. The number of pyridine rings is 1. The summed E-state index contributed by atoms with van der Waals surface area (Å²) in [6.07, 6.45) is 3.16. The minimum atomic E-state index is 0.0528. The minimum absolute atomic E-state index is 0.0528. The zero-order valence-electron chi connectivity index (χ0n) is 10.9. The number of methoxy groups -OCH3 is 1.